The van der Waals surface area contributed by atoms with E-state index in [2.05, 4.69) is 15.0 Å². The van der Waals surface area contributed by atoms with Gasteiger partial charge in [0, 0.05) is 10.6 Å². The highest BCUT2D eigenvalue weighted by atomic mass is 35.5. The zero-order valence-electron chi connectivity index (χ0n) is 13.0. The van der Waals surface area contributed by atoms with Crippen LogP contribution in [0.25, 0.3) is 0 Å². The molecule has 25 heavy (non-hydrogen) atoms. The lowest BCUT2D eigenvalue weighted by Gasteiger charge is -2.09. The van der Waals surface area contributed by atoms with Gasteiger partial charge in [-0.1, -0.05) is 11.6 Å². The molecule has 2 N–H and O–H groups in total. The Bertz CT molecular complexity index is 1000. The molecule has 0 atom stereocenters. The molecule has 0 unspecified atom stereocenters. The summed E-state index contributed by atoms with van der Waals surface area (Å²) in [4.78, 5) is 5.05. The summed E-state index contributed by atoms with van der Waals surface area (Å²) in [5, 5.41) is 2.96. The van der Waals surface area contributed by atoms with Crippen molar-refractivity contribution in [1.29, 1.82) is 0 Å². The highest BCUT2D eigenvalue weighted by Gasteiger charge is 2.16. The molecule has 3 aromatic rings. The average molecular weight is 398 g/mol. The van der Waals surface area contributed by atoms with Gasteiger partial charge in [0.05, 0.1) is 16.9 Å². The van der Waals surface area contributed by atoms with E-state index in [1.54, 1.807) is 24.3 Å². The van der Waals surface area contributed by atoms with Crippen LogP contribution in [0.1, 0.15) is 4.88 Å². The van der Waals surface area contributed by atoms with E-state index in [0.717, 1.165) is 4.88 Å². The largest absolute Gasteiger partial charge is 0.340 e. The van der Waals surface area contributed by atoms with Gasteiger partial charge >= 0.3 is 0 Å². The predicted octanol–water partition coefficient (Wildman–Crippen LogP) is 4.79. The van der Waals surface area contributed by atoms with Crippen LogP contribution in [0.2, 0.25) is 5.02 Å². The molecular formula is C16H13ClFN3O2S2. The van der Waals surface area contributed by atoms with Crippen molar-refractivity contribution in [2.45, 2.75) is 11.1 Å². The number of thiophene rings is 1. The van der Waals surface area contributed by atoms with Crippen molar-refractivity contribution in [3.05, 3.63) is 64.4 Å². The third-order valence-electron chi connectivity index (χ3n) is 3.19. The maximum absolute atomic E-state index is 13.1. The van der Waals surface area contributed by atoms with E-state index in [1.165, 1.54) is 35.7 Å². The number of benzene rings is 1. The molecule has 0 aliphatic rings. The molecule has 0 amide bonds. The molecule has 3 rings (SSSR count). The van der Waals surface area contributed by atoms with Gasteiger partial charge < -0.3 is 5.32 Å². The summed E-state index contributed by atoms with van der Waals surface area (Å²) >= 11 is 6.92. The highest BCUT2D eigenvalue weighted by molar-refractivity contribution is 7.94. The first-order valence-electron chi connectivity index (χ1n) is 7.11. The number of hydrogen-bond acceptors (Lipinski definition) is 5. The molecule has 5 nitrogen and oxygen atoms in total. The fourth-order valence-corrected chi connectivity index (χ4v) is 4.52. The minimum Gasteiger partial charge on any atom is -0.340 e. The maximum atomic E-state index is 13.1. The summed E-state index contributed by atoms with van der Waals surface area (Å²) in [6, 6.07) is 10.7. The lowest BCUT2D eigenvalue weighted by Crippen LogP contribution is -2.11. The van der Waals surface area contributed by atoms with Gasteiger partial charge in [-0.2, -0.15) is 0 Å². The zero-order chi connectivity index (χ0) is 18.0. The normalized spacial score (nSPS) is 11.3. The fraction of sp³-hybridized carbons (Fsp3) is 0.0625. The Labute approximate surface area is 153 Å². The summed E-state index contributed by atoms with van der Waals surface area (Å²) in [5.41, 5.74) is 0.912. The van der Waals surface area contributed by atoms with Gasteiger partial charge in [-0.3, -0.25) is 4.72 Å². The molecule has 0 radical (unpaired) electrons. The van der Waals surface area contributed by atoms with Crippen LogP contribution < -0.4 is 10.0 Å². The van der Waals surface area contributed by atoms with Crippen molar-refractivity contribution in [2.75, 3.05) is 10.0 Å². The van der Waals surface area contributed by atoms with E-state index in [4.69, 9.17) is 11.6 Å². The van der Waals surface area contributed by atoms with Crippen LogP contribution in [0.15, 0.2) is 52.9 Å². The number of anilines is 3. The highest BCUT2D eigenvalue weighted by Crippen LogP contribution is 2.25. The number of rotatable bonds is 5. The first-order valence-corrected chi connectivity index (χ1v) is 9.79. The second-order valence-electron chi connectivity index (χ2n) is 5.16. The van der Waals surface area contributed by atoms with Gasteiger partial charge in [-0.25, -0.2) is 17.8 Å². The number of hydrogen-bond donors (Lipinski definition) is 2. The van der Waals surface area contributed by atoms with Crippen LogP contribution in [-0.4, -0.2) is 13.4 Å². The molecule has 0 aliphatic heterocycles. The molecule has 0 aliphatic carbocycles. The van der Waals surface area contributed by atoms with Crippen LogP contribution in [0, 0.1) is 12.7 Å². The van der Waals surface area contributed by atoms with Crippen molar-refractivity contribution in [2.24, 2.45) is 0 Å². The van der Waals surface area contributed by atoms with Gasteiger partial charge in [0.2, 0.25) is 0 Å². The lowest BCUT2D eigenvalue weighted by molar-refractivity contribution is 0.603. The number of nitrogens with one attached hydrogen (secondary N) is 2. The average Bonchev–Trinajstić information content (AvgIpc) is 3.00. The Morgan fingerprint density at radius 2 is 1.88 bits per heavy atom. The van der Waals surface area contributed by atoms with Gasteiger partial charge in [0.15, 0.2) is 0 Å². The first kappa shape index (κ1) is 17.7. The molecular weight excluding hydrogens is 385 g/mol. The number of sulfonamides is 1. The molecule has 1 aromatic carbocycles. The predicted molar refractivity (Wildman–Crippen MR) is 98.8 cm³/mol. The minimum atomic E-state index is -3.63. The van der Waals surface area contributed by atoms with E-state index in [9.17, 15) is 12.8 Å². The van der Waals surface area contributed by atoms with E-state index >= 15 is 0 Å². The number of aromatic nitrogens is 1. The van der Waals surface area contributed by atoms with Gasteiger partial charge in [-0.15, -0.1) is 11.3 Å². The van der Waals surface area contributed by atoms with E-state index in [-0.39, 0.29) is 9.23 Å². The Morgan fingerprint density at radius 1 is 1.12 bits per heavy atom. The monoisotopic (exact) mass is 397 g/mol. The standard InChI is InChI=1S/C16H13ClFN3O2S2/c1-10-2-7-16(24-10)25(22,23)21-12-4-6-15(19-9-12)20-11-3-5-14(18)13(17)8-11/h2-9,21H,1H3,(H,19,20). The molecule has 2 heterocycles. The quantitative estimate of drug-likeness (QED) is 0.649. The molecule has 0 bridgehead atoms. The molecule has 0 saturated heterocycles. The zero-order valence-corrected chi connectivity index (χ0v) is 15.3. The van der Waals surface area contributed by atoms with Gasteiger partial charge in [0.1, 0.15) is 15.8 Å². The number of aryl methyl sites for hydroxylation is 1. The second-order valence-corrected chi connectivity index (χ2v) is 8.76. The van der Waals surface area contributed by atoms with Crippen LogP contribution in [0.3, 0.4) is 0 Å². The maximum Gasteiger partial charge on any atom is 0.271 e. The summed E-state index contributed by atoms with van der Waals surface area (Å²) in [6.45, 7) is 1.84. The lowest BCUT2D eigenvalue weighted by atomic mass is 10.3. The third kappa shape index (κ3) is 4.28. The van der Waals surface area contributed by atoms with Crippen molar-refractivity contribution < 1.29 is 12.8 Å². The van der Waals surface area contributed by atoms with Crippen molar-refractivity contribution in [1.82, 2.24) is 4.98 Å². The number of pyridine rings is 1. The molecule has 0 fully saturated rings. The Hall–Kier alpha value is -2.16. The molecule has 130 valence electrons. The summed E-state index contributed by atoms with van der Waals surface area (Å²) < 4.78 is 40.4. The SMILES string of the molecule is Cc1ccc(S(=O)(=O)Nc2ccc(Nc3ccc(F)c(Cl)c3)nc2)s1. The summed E-state index contributed by atoms with van der Waals surface area (Å²) in [6.07, 6.45) is 1.39. The number of halogens is 2. The number of nitrogens with zero attached hydrogens (tertiary/aromatic N) is 1. The molecule has 0 spiro atoms. The molecule has 0 saturated carbocycles. The molecule has 9 heteroatoms. The summed E-state index contributed by atoms with van der Waals surface area (Å²) in [5.74, 6) is -0.0358. The molecule has 2 aromatic heterocycles. The first-order chi connectivity index (χ1) is 11.8. The Morgan fingerprint density at radius 3 is 2.48 bits per heavy atom. The van der Waals surface area contributed by atoms with Gasteiger partial charge in [-0.05, 0) is 49.4 Å². The van der Waals surface area contributed by atoms with Crippen molar-refractivity contribution in [3.63, 3.8) is 0 Å². The van der Waals surface area contributed by atoms with Crippen LogP contribution in [0.4, 0.5) is 21.6 Å². The van der Waals surface area contributed by atoms with Crippen molar-refractivity contribution >= 4 is 50.2 Å². The van der Waals surface area contributed by atoms with Crippen LogP contribution in [0.5, 0.6) is 0 Å². The van der Waals surface area contributed by atoms with Crippen molar-refractivity contribution in [3.8, 4) is 0 Å². The minimum absolute atomic E-state index is 0.000575. The third-order valence-corrected chi connectivity index (χ3v) is 6.35. The van der Waals surface area contributed by atoms with E-state index in [1.807, 2.05) is 6.92 Å². The van der Waals surface area contributed by atoms with Gasteiger partial charge in [0.25, 0.3) is 10.0 Å². The summed E-state index contributed by atoms with van der Waals surface area (Å²) in [7, 11) is -3.63. The van der Waals surface area contributed by atoms with Crippen LogP contribution in [-0.2, 0) is 10.0 Å². The Balaban J connectivity index is 1.72. The van der Waals surface area contributed by atoms with Crippen LogP contribution >= 0.6 is 22.9 Å². The van der Waals surface area contributed by atoms with E-state index < -0.39 is 15.8 Å². The van der Waals surface area contributed by atoms with E-state index in [0.29, 0.717) is 17.2 Å². The Kier molecular flexibility index (Phi) is 4.94. The smallest absolute Gasteiger partial charge is 0.271 e. The fourth-order valence-electron chi connectivity index (χ4n) is 2.01. The topological polar surface area (TPSA) is 71.1 Å². The second kappa shape index (κ2) is 6.99.